The molecule has 6 heteroatoms. The number of benzene rings is 1. The van der Waals surface area contributed by atoms with E-state index in [0.29, 0.717) is 12.5 Å². The number of hydrogen-bond donors (Lipinski definition) is 3. The van der Waals surface area contributed by atoms with Crippen molar-refractivity contribution in [1.29, 1.82) is 0 Å². The van der Waals surface area contributed by atoms with Gasteiger partial charge in [0.05, 0.1) is 5.69 Å². The second-order valence-corrected chi connectivity index (χ2v) is 3.64. The van der Waals surface area contributed by atoms with Crippen LogP contribution in [-0.2, 0) is 0 Å². The molecule has 94 valence electrons. The van der Waals surface area contributed by atoms with Crippen LogP contribution in [0.1, 0.15) is 13.3 Å². The smallest absolute Gasteiger partial charge is 0.319 e. The van der Waals surface area contributed by atoms with E-state index in [9.17, 15) is 13.6 Å². The predicted molar refractivity (Wildman–Crippen MR) is 59.7 cm³/mol. The minimum atomic E-state index is -0.838. The van der Waals surface area contributed by atoms with E-state index in [1.807, 2.05) is 0 Å². The first-order valence-electron chi connectivity index (χ1n) is 5.16. The molecule has 3 N–H and O–H groups in total. The summed E-state index contributed by atoms with van der Waals surface area (Å²) in [6.07, 6.45) is 0.402. The number of aliphatic hydroxyl groups excluding tert-OH is 1. The number of amides is 2. The standard InChI is InChI=1S/C11H14F2N2O2/c1-7(4-5-16)14-11(17)15-10-3-2-8(12)6-9(10)13/h2-3,6-7,16H,4-5H2,1H3,(H2,14,15,17). The number of nitrogens with one attached hydrogen (secondary N) is 2. The quantitative estimate of drug-likeness (QED) is 0.757. The predicted octanol–water partition coefficient (Wildman–Crippen LogP) is 1.86. The van der Waals surface area contributed by atoms with Crippen LogP contribution in [0.2, 0.25) is 0 Å². The Balaban J connectivity index is 2.56. The highest BCUT2D eigenvalue weighted by atomic mass is 19.1. The molecule has 1 unspecified atom stereocenters. The van der Waals surface area contributed by atoms with Crippen LogP contribution in [0.3, 0.4) is 0 Å². The molecule has 0 aliphatic heterocycles. The lowest BCUT2D eigenvalue weighted by Gasteiger charge is -2.13. The minimum absolute atomic E-state index is 0.0492. The number of anilines is 1. The van der Waals surface area contributed by atoms with Crippen LogP contribution in [0.25, 0.3) is 0 Å². The van der Waals surface area contributed by atoms with Gasteiger partial charge in [-0.1, -0.05) is 0 Å². The molecule has 0 radical (unpaired) electrons. The van der Waals surface area contributed by atoms with Gasteiger partial charge in [-0.05, 0) is 25.5 Å². The van der Waals surface area contributed by atoms with E-state index in [-0.39, 0.29) is 18.3 Å². The molecule has 0 heterocycles. The maximum absolute atomic E-state index is 13.2. The molecule has 1 rings (SSSR count). The lowest BCUT2D eigenvalue weighted by atomic mass is 10.2. The van der Waals surface area contributed by atoms with Crippen molar-refractivity contribution < 1.29 is 18.7 Å². The molecule has 0 aromatic heterocycles. The highest BCUT2D eigenvalue weighted by molar-refractivity contribution is 5.89. The number of aliphatic hydroxyl groups is 1. The molecule has 4 nitrogen and oxygen atoms in total. The van der Waals surface area contributed by atoms with Crippen LogP contribution in [-0.4, -0.2) is 23.8 Å². The summed E-state index contributed by atoms with van der Waals surface area (Å²) in [6, 6.07) is 2.05. The number of rotatable bonds is 4. The van der Waals surface area contributed by atoms with Gasteiger partial charge in [0.25, 0.3) is 0 Å². The highest BCUT2D eigenvalue weighted by Crippen LogP contribution is 2.14. The summed E-state index contributed by atoms with van der Waals surface area (Å²) >= 11 is 0. The molecule has 2 amide bonds. The summed E-state index contributed by atoms with van der Waals surface area (Å²) in [4.78, 5) is 11.4. The van der Waals surface area contributed by atoms with Crippen molar-refractivity contribution in [3.05, 3.63) is 29.8 Å². The summed E-state index contributed by atoms with van der Waals surface area (Å²) < 4.78 is 25.8. The maximum atomic E-state index is 13.2. The summed E-state index contributed by atoms with van der Waals surface area (Å²) in [5.74, 6) is -1.54. The van der Waals surface area contributed by atoms with Crippen molar-refractivity contribution in [3.8, 4) is 0 Å². The third-order valence-corrected chi connectivity index (χ3v) is 2.12. The van der Waals surface area contributed by atoms with Crippen LogP contribution in [0.5, 0.6) is 0 Å². The van der Waals surface area contributed by atoms with E-state index in [1.54, 1.807) is 6.92 Å². The second kappa shape index (κ2) is 6.15. The first kappa shape index (κ1) is 13.4. The minimum Gasteiger partial charge on any atom is -0.396 e. The van der Waals surface area contributed by atoms with E-state index >= 15 is 0 Å². The summed E-state index contributed by atoms with van der Waals surface area (Å²) in [7, 11) is 0. The Morgan fingerprint density at radius 1 is 1.47 bits per heavy atom. The van der Waals surface area contributed by atoms with Gasteiger partial charge >= 0.3 is 6.03 Å². The molecule has 0 saturated heterocycles. The number of halogens is 2. The molecule has 0 aliphatic carbocycles. The van der Waals surface area contributed by atoms with Crippen LogP contribution in [0.4, 0.5) is 19.3 Å². The number of carbonyl (C=O) groups is 1. The average molecular weight is 244 g/mol. The van der Waals surface area contributed by atoms with Gasteiger partial charge in [0.15, 0.2) is 0 Å². The van der Waals surface area contributed by atoms with Gasteiger partial charge in [-0.25, -0.2) is 13.6 Å². The lowest BCUT2D eigenvalue weighted by Crippen LogP contribution is -2.36. The van der Waals surface area contributed by atoms with Crippen LogP contribution < -0.4 is 10.6 Å². The summed E-state index contributed by atoms with van der Waals surface area (Å²) in [6.45, 7) is 1.66. The van der Waals surface area contributed by atoms with E-state index in [4.69, 9.17) is 5.11 Å². The third kappa shape index (κ3) is 4.36. The number of carbonyl (C=O) groups excluding carboxylic acids is 1. The zero-order chi connectivity index (χ0) is 12.8. The van der Waals surface area contributed by atoms with Crippen LogP contribution in [0, 0.1) is 11.6 Å². The van der Waals surface area contributed by atoms with E-state index in [2.05, 4.69) is 10.6 Å². The Hall–Kier alpha value is -1.69. The Morgan fingerprint density at radius 3 is 2.76 bits per heavy atom. The maximum Gasteiger partial charge on any atom is 0.319 e. The van der Waals surface area contributed by atoms with Gasteiger partial charge in [0.1, 0.15) is 11.6 Å². The molecule has 1 aromatic carbocycles. The number of urea groups is 1. The molecule has 0 fully saturated rings. The summed E-state index contributed by atoms with van der Waals surface area (Å²) in [5.41, 5.74) is -0.0971. The fourth-order valence-corrected chi connectivity index (χ4v) is 1.24. The average Bonchev–Trinajstić information content (AvgIpc) is 2.22. The normalized spacial score (nSPS) is 12.0. The Morgan fingerprint density at radius 2 is 2.18 bits per heavy atom. The molecular formula is C11H14F2N2O2. The van der Waals surface area contributed by atoms with Crippen molar-refractivity contribution >= 4 is 11.7 Å². The molecule has 0 saturated carbocycles. The molecule has 0 bridgehead atoms. The molecule has 1 atom stereocenters. The van der Waals surface area contributed by atoms with Crippen LogP contribution >= 0.6 is 0 Å². The van der Waals surface area contributed by atoms with Crippen molar-refractivity contribution in [2.75, 3.05) is 11.9 Å². The zero-order valence-electron chi connectivity index (χ0n) is 9.34. The van der Waals surface area contributed by atoms with E-state index in [1.165, 1.54) is 0 Å². The first-order valence-corrected chi connectivity index (χ1v) is 5.16. The van der Waals surface area contributed by atoms with Gasteiger partial charge in [-0.2, -0.15) is 0 Å². The molecule has 0 spiro atoms. The monoisotopic (exact) mass is 244 g/mol. The lowest BCUT2D eigenvalue weighted by molar-refractivity contribution is 0.241. The Kier molecular flexibility index (Phi) is 4.84. The van der Waals surface area contributed by atoms with E-state index in [0.717, 1.165) is 12.1 Å². The molecule has 0 aliphatic rings. The van der Waals surface area contributed by atoms with Crippen molar-refractivity contribution in [2.24, 2.45) is 0 Å². The fourth-order valence-electron chi connectivity index (χ4n) is 1.24. The van der Waals surface area contributed by atoms with E-state index < -0.39 is 17.7 Å². The number of hydrogen-bond acceptors (Lipinski definition) is 2. The SMILES string of the molecule is CC(CCO)NC(=O)Nc1ccc(F)cc1F. The second-order valence-electron chi connectivity index (χ2n) is 3.64. The molecular weight excluding hydrogens is 230 g/mol. The highest BCUT2D eigenvalue weighted by Gasteiger charge is 2.09. The van der Waals surface area contributed by atoms with Crippen molar-refractivity contribution in [1.82, 2.24) is 5.32 Å². The fraction of sp³-hybridized carbons (Fsp3) is 0.364. The van der Waals surface area contributed by atoms with Gasteiger partial charge in [-0.3, -0.25) is 0 Å². The van der Waals surface area contributed by atoms with Gasteiger partial charge in [0.2, 0.25) is 0 Å². The Bertz CT molecular complexity index is 399. The molecule has 17 heavy (non-hydrogen) atoms. The van der Waals surface area contributed by atoms with Crippen molar-refractivity contribution in [3.63, 3.8) is 0 Å². The first-order chi connectivity index (χ1) is 8.02. The Labute approximate surface area is 97.6 Å². The van der Waals surface area contributed by atoms with Gasteiger partial charge in [0, 0.05) is 18.7 Å². The van der Waals surface area contributed by atoms with Crippen molar-refractivity contribution in [2.45, 2.75) is 19.4 Å². The third-order valence-electron chi connectivity index (χ3n) is 2.12. The molecule has 1 aromatic rings. The van der Waals surface area contributed by atoms with Crippen LogP contribution in [0.15, 0.2) is 18.2 Å². The van der Waals surface area contributed by atoms with Gasteiger partial charge < -0.3 is 15.7 Å². The van der Waals surface area contributed by atoms with Gasteiger partial charge in [-0.15, -0.1) is 0 Å². The zero-order valence-corrected chi connectivity index (χ0v) is 9.34. The topological polar surface area (TPSA) is 61.4 Å². The largest absolute Gasteiger partial charge is 0.396 e. The summed E-state index contributed by atoms with van der Waals surface area (Å²) in [5, 5.41) is 13.4.